The highest BCUT2D eigenvalue weighted by Crippen LogP contribution is 2.26. The maximum absolute atomic E-state index is 12.3. The molecule has 1 amide bonds. The largest absolute Gasteiger partial charge is 0.441 e. The lowest BCUT2D eigenvalue weighted by atomic mass is 10.1. The Labute approximate surface area is 253 Å². The highest BCUT2D eigenvalue weighted by Gasteiger charge is 2.21. The number of fused-ring (bicyclic) bond motifs is 1. The first kappa shape index (κ1) is 29.0. The summed E-state index contributed by atoms with van der Waals surface area (Å²) < 4.78 is 16.1. The zero-order valence-corrected chi connectivity index (χ0v) is 24.6. The molecule has 14 nitrogen and oxygen atoms in total. The zero-order chi connectivity index (χ0) is 30.8. The van der Waals surface area contributed by atoms with E-state index in [0.717, 1.165) is 28.3 Å². The van der Waals surface area contributed by atoms with Gasteiger partial charge in [0.15, 0.2) is 18.2 Å². The Hall–Kier alpha value is -5.08. The molecule has 1 aromatic carbocycles. The van der Waals surface area contributed by atoms with Crippen molar-refractivity contribution in [2.45, 2.75) is 39.5 Å². The number of esters is 1. The number of ether oxygens (including phenoxy) is 2. The Kier molecular flexibility index (Phi) is 8.09. The van der Waals surface area contributed by atoms with Crippen LogP contribution in [0.25, 0.3) is 34.1 Å². The molecule has 0 saturated carbocycles. The first-order chi connectivity index (χ1) is 21.2. The van der Waals surface area contributed by atoms with Crippen molar-refractivity contribution in [1.82, 2.24) is 34.2 Å². The van der Waals surface area contributed by atoms with Gasteiger partial charge in [0.05, 0.1) is 18.9 Å². The van der Waals surface area contributed by atoms with E-state index in [1.807, 2.05) is 49.5 Å². The molecule has 0 radical (unpaired) electrons. The quantitative estimate of drug-likeness (QED) is 0.226. The first-order valence-corrected chi connectivity index (χ1v) is 14.4. The van der Waals surface area contributed by atoms with Crippen LogP contribution in [0, 0.1) is 13.8 Å². The number of primary amides is 1. The molecule has 44 heavy (non-hydrogen) atoms. The Morgan fingerprint density at radius 1 is 1.00 bits per heavy atom. The molecule has 0 aliphatic carbocycles. The van der Waals surface area contributed by atoms with Crippen molar-refractivity contribution < 1.29 is 19.1 Å². The van der Waals surface area contributed by atoms with E-state index in [1.54, 1.807) is 13.9 Å². The number of carbonyl (C=O) groups is 2. The molecule has 6 rings (SSSR count). The Morgan fingerprint density at radius 2 is 1.80 bits per heavy atom. The van der Waals surface area contributed by atoms with E-state index in [0.29, 0.717) is 49.2 Å². The number of benzene rings is 1. The average molecular weight is 599 g/mol. The number of hydrogen-bond acceptors (Lipinski definition) is 10. The molecule has 0 bridgehead atoms. The van der Waals surface area contributed by atoms with Crippen molar-refractivity contribution in [2.24, 2.45) is 11.5 Å². The first-order valence-electron chi connectivity index (χ1n) is 14.4. The Morgan fingerprint density at radius 3 is 2.57 bits per heavy atom. The van der Waals surface area contributed by atoms with E-state index < -0.39 is 17.9 Å². The molecule has 1 saturated heterocycles. The molecule has 4 aromatic heterocycles. The van der Waals surface area contributed by atoms with Gasteiger partial charge in [-0.05, 0) is 38.5 Å². The van der Waals surface area contributed by atoms with E-state index in [2.05, 4.69) is 29.1 Å². The van der Waals surface area contributed by atoms with Crippen molar-refractivity contribution in [3.05, 3.63) is 66.0 Å². The van der Waals surface area contributed by atoms with Crippen LogP contribution in [0.3, 0.4) is 0 Å². The van der Waals surface area contributed by atoms with Gasteiger partial charge in [-0.1, -0.05) is 23.8 Å². The van der Waals surface area contributed by atoms with E-state index in [-0.39, 0.29) is 19.6 Å². The number of aryl methyl sites for hydroxylation is 2. The fraction of sp³-hybridized carbons (Fsp3) is 0.333. The van der Waals surface area contributed by atoms with Crippen LogP contribution in [0.4, 0.5) is 5.82 Å². The zero-order valence-electron chi connectivity index (χ0n) is 24.6. The number of morpholine rings is 1. The molecule has 5 aromatic rings. The lowest BCUT2D eigenvalue weighted by molar-refractivity contribution is -0.149. The topological polar surface area (TPSA) is 174 Å². The third-order valence-corrected chi connectivity index (χ3v) is 7.44. The second-order valence-corrected chi connectivity index (χ2v) is 10.8. The molecule has 1 aliphatic heterocycles. The van der Waals surface area contributed by atoms with Crippen LogP contribution < -0.4 is 16.4 Å². The van der Waals surface area contributed by atoms with Gasteiger partial charge >= 0.3 is 5.97 Å². The highest BCUT2D eigenvalue weighted by atomic mass is 16.5. The number of amides is 1. The fourth-order valence-electron chi connectivity index (χ4n) is 5.03. The minimum Gasteiger partial charge on any atom is -0.441 e. The number of nitrogens with zero attached hydrogens (tertiary/aromatic N) is 8. The summed E-state index contributed by atoms with van der Waals surface area (Å²) in [6.07, 6.45) is 2.03. The summed E-state index contributed by atoms with van der Waals surface area (Å²) in [4.78, 5) is 30.4. The van der Waals surface area contributed by atoms with Gasteiger partial charge in [0.1, 0.15) is 23.2 Å². The van der Waals surface area contributed by atoms with E-state index in [9.17, 15) is 9.59 Å². The molecule has 0 unspecified atom stereocenters. The van der Waals surface area contributed by atoms with Crippen molar-refractivity contribution in [3.63, 3.8) is 0 Å². The van der Waals surface area contributed by atoms with E-state index in [4.69, 9.17) is 36.1 Å². The van der Waals surface area contributed by atoms with Crippen molar-refractivity contribution in [3.8, 4) is 28.5 Å². The summed E-state index contributed by atoms with van der Waals surface area (Å²) in [5.74, 6) is 0.364. The molecular formula is C30H34N10O4. The molecule has 1 fully saturated rings. The monoisotopic (exact) mass is 598 g/mol. The second-order valence-electron chi connectivity index (χ2n) is 10.8. The summed E-state index contributed by atoms with van der Waals surface area (Å²) in [6, 6.07) is 15.0. The normalized spacial score (nSPS) is 14.2. The maximum Gasteiger partial charge on any atom is 0.324 e. The Balaban J connectivity index is 1.29. The van der Waals surface area contributed by atoms with Gasteiger partial charge in [0.2, 0.25) is 5.91 Å². The van der Waals surface area contributed by atoms with Crippen LogP contribution in [-0.2, 0) is 25.8 Å². The van der Waals surface area contributed by atoms with Crippen LogP contribution in [0.15, 0.2) is 54.7 Å². The molecule has 14 heteroatoms. The van der Waals surface area contributed by atoms with Gasteiger partial charge < -0.3 is 25.8 Å². The van der Waals surface area contributed by atoms with Crippen LogP contribution in [0.2, 0.25) is 0 Å². The number of rotatable bonds is 10. The van der Waals surface area contributed by atoms with Gasteiger partial charge in [0.25, 0.3) is 0 Å². The molecule has 1 atom stereocenters. The number of nitrogens with two attached hydrogens (primary N) is 2. The van der Waals surface area contributed by atoms with Gasteiger partial charge in [-0.3, -0.25) is 9.59 Å². The summed E-state index contributed by atoms with van der Waals surface area (Å²) in [5.41, 5.74) is 16.6. The summed E-state index contributed by atoms with van der Waals surface area (Å²) >= 11 is 0. The third kappa shape index (κ3) is 6.16. The number of hydrogen-bond donors (Lipinski definition) is 2. The fourth-order valence-corrected chi connectivity index (χ4v) is 5.03. The van der Waals surface area contributed by atoms with Gasteiger partial charge in [-0.25, -0.2) is 14.3 Å². The minimum absolute atomic E-state index is 0.00553. The molecule has 0 spiro atoms. The van der Waals surface area contributed by atoms with Crippen LogP contribution in [0.1, 0.15) is 24.1 Å². The molecule has 228 valence electrons. The number of anilines is 1. The Bertz CT molecular complexity index is 1820. The van der Waals surface area contributed by atoms with Crippen LogP contribution in [-0.4, -0.2) is 78.4 Å². The predicted molar refractivity (Wildman–Crippen MR) is 162 cm³/mol. The summed E-state index contributed by atoms with van der Waals surface area (Å²) in [7, 11) is 0. The molecule has 1 aliphatic rings. The predicted octanol–water partition coefficient (Wildman–Crippen LogP) is 1.99. The van der Waals surface area contributed by atoms with E-state index >= 15 is 0 Å². The third-order valence-electron chi connectivity index (χ3n) is 7.44. The number of carbonyl (C=O) groups excluding carboxylic acids is 2. The van der Waals surface area contributed by atoms with Crippen molar-refractivity contribution >= 4 is 23.3 Å². The second kappa shape index (κ2) is 12.3. The van der Waals surface area contributed by atoms with Gasteiger partial charge in [-0.2, -0.15) is 19.8 Å². The smallest absolute Gasteiger partial charge is 0.324 e. The van der Waals surface area contributed by atoms with Gasteiger partial charge in [-0.15, -0.1) is 0 Å². The minimum atomic E-state index is -0.946. The molecule has 4 N–H and O–H groups in total. The standard InChI is InChI=1S/C30H34N10O4/c1-19-4-3-5-21(14-19)23-8-9-38(34-23)27-17-29(37-10-12-43-13-11-37)40-28(33-27)16-25(36-40)24-15-20(2)39(35-24)18-44-30(42)22(31)6-7-26(32)41/h3-5,8-9,14-17,22H,6-7,10-13,18,31H2,1-2H3,(H2,32,41)/t22-/m0/s1. The van der Waals surface area contributed by atoms with Gasteiger partial charge in [0, 0.05) is 49.1 Å². The summed E-state index contributed by atoms with van der Waals surface area (Å²) in [5, 5.41) is 14.3. The molecule has 5 heterocycles. The maximum atomic E-state index is 12.3. The molecular weight excluding hydrogens is 564 g/mol. The lowest BCUT2D eigenvalue weighted by Crippen LogP contribution is -2.37. The lowest BCUT2D eigenvalue weighted by Gasteiger charge is -2.29. The SMILES string of the molecule is Cc1cccc(-c2ccn(-c3cc(N4CCOCC4)n4nc(-c5cc(C)n(COC(=O)[C@@H](N)CCC(N)=O)n5)cc4n3)n2)c1. The highest BCUT2D eigenvalue weighted by molar-refractivity contribution is 5.78. The van der Waals surface area contributed by atoms with Crippen LogP contribution in [0.5, 0.6) is 0 Å². The van der Waals surface area contributed by atoms with Crippen LogP contribution >= 0.6 is 0 Å². The average Bonchev–Trinajstić information content (AvgIpc) is 3.77. The van der Waals surface area contributed by atoms with Crippen molar-refractivity contribution in [2.75, 3.05) is 31.2 Å². The van der Waals surface area contributed by atoms with E-state index in [1.165, 1.54) is 0 Å². The summed E-state index contributed by atoms with van der Waals surface area (Å²) in [6.45, 7) is 6.42. The van der Waals surface area contributed by atoms with Crippen molar-refractivity contribution in [1.29, 1.82) is 0 Å². The number of aromatic nitrogens is 7.